The number of carbonyl (C=O) groups is 5. The fourth-order valence-corrected chi connectivity index (χ4v) is 3.21. The van der Waals surface area contributed by atoms with Crippen molar-refractivity contribution in [2.45, 2.75) is 4.90 Å². The standard InChI is InChI=1S/C11HCl5O5S/c12-7(17)1-2(8(13)18)4(10(15)20)6(22)5(11(16)21)3(1)9(14)19/h22H. The van der Waals surface area contributed by atoms with Crippen LogP contribution in [0.2, 0.25) is 0 Å². The topological polar surface area (TPSA) is 85.3 Å². The number of benzene rings is 1. The van der Waals surface area contributed by atoms with Crippen molar-refractivity contribution < 1.29 is 24.0 Å². The number of halogens is 5. The van der Waals surface area contributed by atoms with Crippen LogP contribution in [0, 0.1) is 0 Å². The molecule has 0 spiro atoms. The lowest BCUT2D eigenvalue weighted by Gasteiger charge is -2.16. The van der Waals surface area contributed by atoms with Gasteiger partial charge in [-0.1, -0.05) is 0 Å². The van der Waals surface area contributed by atoms with Crippen LogP contribution in [0.5, 0.6) is 0 Å². The molecule has 0 heterocycles. The SMILES string of the molecule is O=C(Cl)c1c(S)c(C(=O)Cl)c(C(=O)Cl)c(C(=O)Cl)c1C(=O)Cl. The smallest absolute Gasteiger partial charge is 0.254 e. The Bertz CT molecular complexity index is 705. The maximum atomic E-state index is 11.6. The van der Waals surface area contributed by atoms with Gasteiger partial charge in [0.05, 0.1) is 27.8 Å². The van der Waals surface area contributed by atoms with Crippen molar-refractivity contribution in [2.75, 3.05) is 0 Å². The van der Waals surface area contributed by atoms with E-state index in [4.69, 9.17) is 58.0 Å². The predicted molar refractivity (Wildman–Crippen MR) is 84.6 cm³/mol. The lowest BCUT2D eigenvalue weighted by molar-refractivity contribution is 0.102. The second-order valence-corrected chi connectivity index (χ2v) is 5.76. The summed E-state index contributed by atoms with van der Waals surface area (Å²) in [6.07, 6.45) is 0. The summed E-state index contributed by atoms with van der Waals surface area (Å²) in [5.74, 6) is 0. The molecule has 22 heavy (non-hydrogen) atoms. The van der Waals surface area contributed by atoms with Crippen molar-refractivity contribution in [3.05, 3.63) is 27.8 Å². The van der Waals surface area contributed by atoms with E-state index < -0.39 is 58.9 Å². The van der Waals surface area contributed by atoms with Gasteiger partial charge >= 0.3 is 0 Å². The van der Waals surface area contributed by atoms with Crippen molar-refractivity contribution in [2.24, 2.45) is 0 Å². The largest absolute Gasteiger partial charge is 0.276 e. The second kappa shape index (κ2) is 7.29. The molecule has 0 bridgehead atoms. The Balaban J connectivity index is 4.31. The van der Waals surface area contributed by atoms with E-state index in [2.05, 4.69) is 12.6 Å². The van der Waals surface area contributed by atoms with Crippen molar-refractivity contribution in [3.63, 3.8) is 0 Å². The predicted octanol–water partition coefficient (Wildman–Crippen LogP) is 3.87. The zero-order chi connectivity index (χ0) is 17.4. The highest BCUT2D eigenvalue weighted by atomic mass is 35.5. The number of thiol groups is 1. The van der Waals surface area contributed by atoms with E-state index in [1.165, 1.54) is 0 Å². The van der Waals surface area contributed by atoms with Crippen LogP contribution in [-0.4, -0.2) is 26.2 Å². The third-order valence-corrected chi connectivity index (χ3v) is 3.85. The summed E-state index contributed by atoms with van der Waals surface area (Å²) in [5, 5.41) is -6.60. The molecule has 0 N–H and O–H groups in total. The highest BCUT2D eigenvalue weighted by Crippen LogP contribution is 2.36. The zero-order valence-corrected chi connectivity index (χ0v) is 14.6. The fourth-order valence-electron chi connectivity index (χ4n) is 1.71. The highest BCUT2D eigenvalue weighted by Gasteiger charge is 2.35. The minimum atomic E-state index is -1.38. The molecule has 1 aromatic carbocycles. The van der Waals surface area contributed by atoms with Gasteiger partial charge in [-0.25, -0.2) is 0 Å². The van der Waals surface area contributed by atoms with Crippen LogP contribution in [0.4, 0.5) is 0 Å². The number of rotatable bonds is 5. The lowest BCUT2D eigenvalue weighted by Crippen LogP contribution is -2.18. The molecule has 116 valence electrons. The zero-order valence-electron chi connectivity index (χ0n) is 9.88. The molecule has 5 nitrogen and oxygen atoms in total. The van der Waals surface area contributed by atoms with Gasteiger partial charge in [0.15, 0.2) is 0 Å². The first kappa shape index (κ1) is 19.4. The molecule has 0 unspecified atom stereocenters. The van der Waals surface area contributed by atoms with E-state index >= 15 is 0 Å². The molecule has 0 fully saturated rings. The van der Waals surface area contributed by atoms with Crippen molar-refractivity contribution in [3.8, 4) is 0 Å². The maximum Gasteiger partial charge on any atom is 0.254 e. The van der Waals surface area contributed by atoms with E-state index in [1.54, 1.807) is 0 Å². The Labute approximate surface area is 153 Å². The third-order valence-electron chi connectivity index (χ3n) is 2.46. The van der Waals surface area contributed by atoms with Gasteiger partial charge in [0, 0.05) is 4.90 Å². The van der Waals surface area contributed by atoms with E-state index in [1.807, 2.05) is 0 Å². The minimum Gasteiger partial charge on any atom is -0.276 e. The molecule has 0 aliphatic rings. The van der Waals surface area contributed by atoms with Gasteiger partial charge in [-0.2, -0.15) is 0 Å². The average molecular weight is 422 g/mol. The van der Waals surface area contributed by atoms with Crippen molar-refractivity contribution >= 4 is 96.8 Å². The van der Waals surface area contributed by atoms with Gasteiger partial charge in [0.25, 0.3) is 26.2 Å². The van der Waals surface area contributed by atoms with Crippen LogP contribution in [-0.2, 0) is 0 Å². The highest BCUT2D eigenvalue weighted by molar-refractivity contribution is 7.80. The first-order valence-corrected chi connectivity index (χ1v) is 7.28. The molecular weight excluding hydrogens is 421 g/mol. The van der Waals surface area contributed by atoms with Crippen LogP contribution < -0.4 is 0 Å². The van der Waals surface area contributed by atoms with E-state index in [9.17, 15) is 24.0 Å². The van der Waals surface area contributed by atoms with Crippen LogP contribution >= 0.6 is 70.6 Å². The summed E-state index contributed by atoms with van der Waals surface area (Å²) >= 11 is 30.4. The lowest BCUT2D eigenvalue weighted by atomic mass is 9.93. The number of carbonyl (C=O) groups excluding carboxylic acids is 5. The van der Waals surface area contributed by atoms with Crippen LogP contribution in [0.1, 0.15) is 51.8 Å². The molecule has 0 aliphatic heterocycles. The second-order valence-electron chi connectivity index (χ2n) is 3.59. The van der Waals surface area contributed by atoms with Gasteiger partial charge in [-0.3, -0.25) is 24.0 Å². The summed E-state index contributed by atoms with van der Waals surface area (Å²) in [5.41, 5.74) is -3.83. The Kier molecular flexibility index (Phi) is 6.44. The molecule has 0 saturated heterocycles. The summed E-state index contributed by atoms with van der Waals surface area (Å²) in [6, 6.07) is 0. The maximum absolute atomic E-state index is 11.6. The number of hydrogen-bond acceptors (Lipinski definition) is 6. The molecule has 1 rings (SSSR count). The van der Waals surface area contributed by atoms with Gasteiger partial charge in [-0.05, 0) is 58.0 Å². The first-order valence-electron chi connectivity index (χ1n) is 4.94. The summed E-state index contributed by atoms with van der Waals surface area (Å²) < 4.78 is 0. The molecule has 0 aromatic heterocycles. The van der Waals surface area contributed by atoms with Crippen LogP contribution in [0.3, 0.4) is 0 Å². The Hall–Kier alpha value is -0.630. The molecule has 0 amide bonds. The van der Waals surface area contributed by atoms with E-state index in [0.29, 0.717) is 0 Å². The average Bonchev–Trinajstić information content (AvgIpc) is 2.34. The normalized spacial score (nSPS) is 10.3. The summed E-state index contributed by atoms with van der Waals surface area (Å²) in [4.78, 5) is 57.1. The van der Waals surface area contributed by atoms with Gasteiger partial charge in [0.1, 0.15) is 0 Å². The number of hydrogen-bond donors (Lipinski definition) is 1. The Morgan fingerprint density at radius 2 is 0.682 bits per heavy atom. The molecule has 0 radical (unpaired) electrons. The molecule has 1 aromatic rings. The Morgan fingerprint density at radius 3 is 0.864 bits per heavy atom. The van der Waals surface area contributed by atoms with Gasteiger partial charge in [0.2, 0.25) is 0 Å². The molecular formula is C11HCl5O5S. The van der Waals surface area contributed by atoms with Crippen LogP contribution in [0.15, 0.2) is 4.90 Å². The molecule has 0 aliphatic carbocycles. The van der Waals surface area contributed by atoms with Gasteiger partial charge < -0.3 is 0 Å². The third kappa shape index (κ3) is 3.48. The van der Waals surface area contributed by atoms with E-state index in [0.717, 1.165) is 0 Å². The molecule has 11 heteroatoms. The van der Waals surface area contributed by atoms with Crippen molar-refractivity contribution in [1.29, 1.82) is 0 Å². The van der Waals surface area contributed by atoms with E-state index in [-0.39, 0.29) is 0 Å². The summed E-state index contributed by atoms with van der Waals surface area (Å²) in [6.45, 7) is 0. The van der Waals surface area contributed by atoms with Gasteiger partial charge in [-0.15, -0.1) is 12.6 Å². The van der Waals surface area contributed by atoms with Crippen molar-refractivity contribution in [1.82, 2.24) is 0 Å². The summed E-state index contributed by atoms with van der Waals surface area (Å²) in [7, 11) is 0. The van der Waals surface area contributed by atoms with Crippen LogP contribution in [0.25, 0.3) is 0 Å². The Morgan fingerprint density at radius 1 is 0.500 bits per heavy atom. The monoisotopic (exact) mass is 420 g/mol. The molecule has 0 atom stereocenters. The molecule has 0 saturated carbocycles. The minimum absolute atomic E-state index is 0.533. The first-order chi connectivity index (χ1) is 10.0. The quantitative estimate of drug-likeness (QED) is 0.575. The fraction of sp³-hybridized carbons (Fsp3) is 0.